The van der Waals surface area contributed by atoms with E-state index in [0.717, 1.165) is 50.8 Å². The van der Waals surface area contributed by atoms with Crippen molar-refractivity contribution < 1.29 is 23.9 Å². The molecule has 226 valence electrons. The number of carbonyl (C=O) groups is 3. The number of amides is 4. The number of carbonyl (C=O) groups excluding carboxylic acids is 3. The molecule has 0 spiro atoms. The zero-order valence-electron chi connectivity index (χ0n) is 25.0. The van der Waals surface area contributed by atoms with E-state index in [0.29, 0.717) is 44.5 Å². The molecule has 0 aromatic carbocycles. The molecule has 0 bridgehead atoms. The summed E-state index contributed by atoms with van der Waals surface area (Å²) < 4.78 is 12.1. The highest BCUT2D eigenvalue weighted by Gasteiger charge is 2.42. The molecule has 4 N–H and O–H groups in total. The molecule has 0 saturated carbocycles. The Morgan fingerprint density at radius 1 is 1.00 bits per heavy atom. The second-order valence-electron chi connectivity index (χ2n) is 12.0. The van der Waals surface area contributed by atoms with E-state index in [2.05, 4.69) is 28.2 Å². The van der Waals surface area contributed by atoms with Crippen LogP contribution in [0, 0.1) is 0 Å². The van der Waals surface area contributed by atoms with E-state index in [1.54, 1.807) is 0 Å². The SMILES string of the molecule is CCCN(C)CC(=O)NCCC(C)(C)OCCC(C)(C)OCCNC(=O)CCCCC1SCC2NC(=O)NC21. The Morgan fingerprint density at radius 3 is 2.44 bits per heavy atom. The zero-order valence-corrected chi connectivity index (χ0v) is 25.8. The molecular formula is C28H53N5O5S. The third-order valence-corrected chi connectivity index (χ3v) is 8.77. The fourth-order valence-electron chi connectivity index (χ4n) is 4.86. The van der Waals surface area contributed by atoms with Crippen molar-refractivity contribution in [3.05, 3.63) is 0 Å². The van der Waals surface area contributed by atoms with Crippen molar-refractivity contribution >= 4 is 29.6 Å². The van der Waals surface area contributed by atoms with Crippen LogP contribution in [0.5, 0.6) is 0 Å². The summed E-state index contributed by atoms with van der Waals surface area (Å²) in [7, 11) is 1.96. The third kappa shape index (κ3) is 13.6. The largest absolute Gasteiger partial charge is 0.375 e. The standard InChI is InChI=1S/C28H53N5O5S/c1-7-16-33(6)19-24(35)29-14-12-27(2,3)37-17-13-28(4,5)38-18-15-30-23(34)11-9-8-10-22-25-21(20-39-22)31-26(36)32-25/h21-22,25H,7-20H2,1-6H3,(H,29,35)(H,30,34)(H2,31,32,36). The van der Waals surface area contributed by atoms with Crippen molar-refractivity contribution in [2.45, 2.75) is 108 Å². The maximum atomic E-state index is 12.2. The number of nitrogens with zero attached hydrogens (tertiary/aromatic N) is 1. The van der Waals surface area contributed by atoms with Gasteiger partial charge in [0.15, 0.2) is 0 Å². The average molecular weight is 572 g/mol. The van der Waals surface area contributed by atoms with Crippen LogP contribution in [-0.2, 0) is 19.1 Å². The fraction of sp³-hybridized carbons (Fsp3) is 0.893. The first-order valence-corrected chi connectivity index (χ1v) is 15.6. The first-order valence-electron chi connectivity index (χ1n) is 14.6. The minimum atomic E-state index is -0.361. The van der Waals surface area contributed by atoms with Crippen molar-refractivity contribution in [2.75, 3.05) is 52.2 Å². The number of thioether (sulfide) groups is 1. The molecule has 2 fully saturated rings. The van der Waals surface area contributed by atoms with Crippen LogP contribution in [0.25, 0.3) is 0 Å². The van der Waals surface area contributed by atoms with E-state index in [1.165, 1.54) is 0 Å². The summed E-state index contributed by atoms with van der Waals surface area (Å²) in [6.45, 7) is 13.7. The molecule has 2 heterocycles. The van der Waals surface area contributed by atoms with Crippen LogP contribution in [-0.4, -0.2) is 103 Å². The monoisotopic (exact) mass is 571 g/mol. The van der Waals surface area contributed by atoms with Gasteiger partial charge in [-0.25, -0.2) is 4.79 Å². The van der Waals surface area contributed by atoms with Gasteiger partial charge < -0.3 is 30.7 Å². The first kappa shape index (κ1) is 33.6. The highest BCUT2D eigenvalue weighted by atomic mass is 32.2. The molecule has 2 saturated heterocycles. The molecule has 10 nitrogen and oxygen atoms in total. The number of hydrogen-bond acceptors (Lipinski definition) is 7. The lowest BCUT2D eigenvalue weighted by molar-refractivity contribution is -0.123. The van der Waals surface area contributed by atoms with Crippen molar-refractivity contribution in [2.24, 2.45) is 0 Å². The number of nitrogens with one attached hydrogen (secondary N) is 4. The zero-order chi connectivity index (χ0) is 28.9. The van der Waals surface area contributed by atoms with Crippen LogP contribution in [0.1, 0.15) is 79.6 Å². The van der Waals surface area contributed by atoms with E-state index in [1.807, 2.05) is 51.4 Å². The van der Waals surface area contributed by atoms with Crippen LogP contribution in [0.2, 0.25) is 0 Å². The summed E-state index contributed by atoms with van der Waals surface area (Å²) >= 11 is 1.91. The van der Waals surface area contributed by atoms with Gasteiger partial charge in [0.1, 0.15) is 0 Å². The van der Waals surface area contributed by atoms with E-state index in [9.17, 15) is 14.4 Å². The molecule has 39 heavy (non-hydrogen) atoms. The summed E-state index contributed by atoms with van der Waals surface area (Å²) in [5.74, 6) is 1.06. The Hall–Kier alpha value is -1.56. The number of hydrogen-bond donors (Lipinski definition) is 4. The lowest BCUT2D eigenvalue weighted by atomic mass is 10.0. The highest BCUT2D eigenvalue weighted by molar-refractivity contribution is 8.00. The molecule has 0 aromatic rings. The molecule has 2 aliphatic rings. The number of fused-ring (bicyclic) bond motifs is 1. The van der Waals surface area contributed by atoms with Gasteiger partial charge >= 0.3 is 6.03 Å². The van der Waals surface area contributed by atoms with E-state index < -0.39 is 0 Å². The first-order chi connectivity index (χ1) is 18.4. The predicted molar refractivity (Wildman–Crippen MR) is 157 cm³/mol. The summed E-state index contributed by atoms with van der Waals surface area (Å²) in [4.78, 5) is 37.7. The summed E-state index contributed by atoms with van der Waals surface area (Å²) in [6.07, 6.45) is 5.85. The number of rotatable bonds is 20. The Labute approximate surface area is 239 Å². The second kappa shape index (κ2) is 16.6. The Kier molecular flexibility index (Phi) is 14.4. The molecule has 3 atom stereocenters. The third-order valence-electron chi connectivity index (χ3n) is 7.26. The molecule has 0 aromatic heterocycles. The number of urea groups is 1. The fourth-order valence-corrected chi connectivity index (χ4v) is 6.41. The molecule has 3 unspecified atom stereocenters. The topological polar surface area (TPSA) is 121 Å². The predicted octanol–water partition coefficient (Wildman–Crippen LogP) is 2.66. The van der Waals surface area contributed by atoms with Gasteiger partial charge in [0.05, 0.1) is 43.0 Å². The number of ether oxygens (including phenoxy) is 2. The van der Waals surface area contributed by atoms with E-state index >= 15 is 0 Å². The van der Waals surface area contributed by atoms with E-state index in [4.69, 9.17) is 9.47 Å². The number of likely N-dealkylation sites (N-methyl/N-ethyl adjacent to an activating group) is 1. The lowest BCUT2D eigenvalue weighted by Gasteiger charge is -2.30. The van der Waals surface area contributed by atoms with Gasteiger partial charge in [-0.1, -0.05) is 13.3 Å². The van der Waals surface area contributed by atoms with Gasteiger partial charge in [-0.3, -0.25) is 14.5 Å². The second-order valence-corrected chi connectivity index (χ2v) is 13.3. The molecule has 2 rings (SSSR count). The van der Waals surface area contributed by atoms with Crippen LogP contribution in [0.15, 0.2) is 0 Å². The summed E-state index contributed by atoms with van der Waals surface area (Å²) in [6, 6.07) is 0.420. The molecule has 4 amide bonds. The van der Waals surface area contributed by atoms with Crippen molar-refractivity contribution in [3.8, 4) is 0 Å². The van der Waals surface area contributed by atoms with Gasteiger partial charge in [-0.2, -0.15) is 11.8 Å². The quantitative estimate of drug-likeness (QED) is 0.131. The van der Waals surface area contributed by atoms with Crippen molar-refractivity contribution in [1.82, 2.24) is 26.2 Å². The minimum Gasteiger partial charge on any atom is -0.375 e. The summed E-state index contributed by atoms with van der Waals surface area (Å²) in [5, 5.41) is 12.3. The molecular weight excluding hydrogens is 518 g/mol. The van der Waals surface area contributed by atoms with Gasteiger partial charge in [0.25, 0.3) is 0 Å². The van der Waals surface area contributed by atoms with Crippen LogP contribution in [0.3, 0.4) is 0 Å². The average Bonchev–Trinajstić information content (AvgIpc) is 3.38. The summed E-state index contributed by atoms with van der Waals surface area (Å²) in [5.41, 5.74) is -0.701. The Balaban J connectivity index is 1.48. The normalized spacial score (nSPS) is 21.0. The van der Waals surface area contributed by atoms with E-state index in [-0.39, 0.29) is 41.1 Å². The van der Waals surface area contributed by atoms with Crippen molar-refractivity contribution in [1.29, 1.82) is 0 Å². The van der Waals surface area contributed by atoms with Gasteiger partial charge in [-0.15, -0.1) is 0 Å². The smallest absolute Gasteiger partial charge is 0.315 e. The lowest BCUT2D eigenvalue weighted by Crippen LogP contribution is -2.39. The number of unbranched alkanes of at least 4 members (excludes halogenated alkanes) is 1. The highest BCUT2D eigenvalue weighted by Crippen LogP contribution is 2.33. The van der Waals surface area contributed by atoms with Gasteiger partial charge in [0, 0.05) is 30.5 Å². The molecule has 0 aliphatic carbocycles. The maximum absolute atomic E-state index is 12.2. The van der Waals surface area contributed by atoms with Gasteiger partial charge in [-0.05, 0) is 73.4 Å². The maximum Gasteiger partial charge on any atom is 0.315 e. The molecule has 11 heteroatoms. The molecule has 0 radical (unpaired) electrons. The van der Waals surface area contributed by atoms with Crippen LogP contribution in [0.4, 0.5) is 4.79 Å². The molecule has 2 aliphatic heterocycles. The Bertz CT molecular complexity index is 781. The minimum absolute atomic E-state index is 0.0441. The van der Waals surface area contributed by atoms with Crippen LogP contribution < -0.4 is 21.3 Å². The van der Waals surface area contributed by atoms with Crippen molar-refractivity contribution in [3.63, 3.8) is 0 Å². The van der Waals surface area contributed by atoms with Gasteiger partial charge in [0.2, 0.25) is 11.8 Å². The Morgan fingerprint density at radius 2 is 1.69 bits per heavy atom. The van der Waals surface area contributed by atoms with Crippen LogP contribution >= 0.6 is 11.8 Å².